The van der Waals surface area contributed by atoms with E-state index in [1.54, 1.807) is 18.5 Å². The van der Waals surface area contributed by atoms with Gasteiger partial charge in [-0.1, -0.05) is 0 Å². The van der Waals surface area contributed by atoms with Crippen molar-refractivity contribution in [1.82, 2.24) is 10.3 Å². The molecule has 4 N–H and O–H groups in total. The van der Waals surface area contributed by atoms with E-state index in [4.69, 9.17) is 5.73 Å². The molecule has 1 aromatic rings. The van der Waals surface area contributed by atoms with Crippen molar-refractivity contribution in [2.75, 3.05) is 18.8 Å². The van der Waals surface area contributed by atoms with E-state index in [0.29, 0.717) is 18.7 Å². The number of anilines is 1. The van der Waals surface area contributed by atoms with Gasteiger partial charge in [-0.3, -0.25) is 4.98 Å². The maximum Gasteiger partial charge on any atom is 0.0825 e. The summed E-state index contributed by atoms with van der Waals surface area (Å²) in [6.07, 6.45) is 4.75. The summed E-state index contributed by atoms with van der Waals surface area (Å²) in [6, 6.07) is 1.76. The summed E-state index contributed by atoms with van der Waals surface area (Å²) in [4.78, 5) is 4.01. The highest BCUT2D eigenvalue weighted by atomic mass is 16.3. The third-order valence-corrected chi connectivity index (χ3v) is 2.68. The monoisotopic (exact) mass is 193 g/mol. The van der Waals surface area contributed by atoms with Gasteiger partial charge in [0.25, 0.3) is 0 Å². The van der Waals surface area contributed by atoms with Gasteiger partial charge in [-0.25, -0.2) is 0 Å². The van der Waals surface area contributed by atoms with Gasteiger partial charge in [0, 0.05) is 31.0 Å². The Bertz CT molecular complexity index is 321. The molecule has 1 atom stereocenters. The molecule has 2 rings (SSSR count). The predicted octanol–water partition coefficient (Wildman–Crippen LogP) is -0.0693. The quantitative estimate of drug-likeness (QED) is 0.615. The topological polar surface area (TPSA) is 71.2 Å². The number of aliphatic hydroxyl groups is 1. The molecular weight excluding hydrogens is 178 g/mol. The van der Waals surface area contributed by atoms with E-state index in [2.05, 4.69) is 10.3 Å². The zero-order valence-electron chi connectivity index (χ0n) is 8.03. The van der Waals surface area contributed by atoms with Crippen LogP contribution >= 0.6 is 0 Å². The summed E-state index contributed by atoms with van der Waals surface area (Å²) in [6.45, 7) is 1.51. The van der Waals surface area contributed by atoms with E-state index >= 15 is 0 Å². The number of nitrogens with two attached hydrogens (primary N) is 1. The van der Waals surface area contributed by atoms with Crippen LogP contribution in [-0.4, -0.2) is 28.8 Å². The van der Waals surface area contributed by atoms with Gasteiger partial charge in [0.2, 0.25) is 0 Å². The Morgan fingerprint density at radius 3 is 3.14 bits per heavy atom. The van der Waals surface area contributed by atoms with Crippen LogP contribution in [0.1, 0.15) is 12.0 Å². The van der Waals surface area contributed by atoms with Crippen LogP contribution in [0, 0.1) is 0 Å². The summed E-state index contributed by atoms with van der Waals surface area (Å²) in [7, 11) is 0. The van der Waals surface area contributed by atoms with Gasteiger partial charge in [-0.2, -0.15) is 0 Å². The summed E-state index contributed by atoms with van der Waals surface area (Å²) in [5.41, 5.74) is 6.78. The first-order valence-corrected chi connectivity index (χ1v) is 4.81. The molecule has 2 heterocycles. The van der Waals surface area contributed by atoms with E-state index in [9.17, 15) is 5.11 Å². The summed E-state index contributed by atoms with van der Waals surface area (Å²) in [5, 5.41) is 13.3. The van der Waals surface area contributed by atoms with Crippen LogP contribution in [0.3, 0.4) is 0 Å². The number of rotatable bonds is 2. The van der Waals surface area contributed by atoms with Crippen molar-refractivity contribution >= 4 is 5.69 Å². The third-order valence-electron chi connectivity index (χ3n) is 2.68. The molecule has 4 heteroatoms. The lowest BCUT2D eigenvalue weighted by atomic mass is 9.94. The Morgan fingerprint density at radius 1 is 1.64 bits per heavy atom. The summed E-state index contributed by atoms with van der Waals surface area (Å²) >= 11 is 0. The molecule has 76 valence electrons. The summed E-state index contributed by atoms with van der Waals surface area (Å²) in [5.74, 6) is 0. The largest absolute Gasteiger partial charge is 0.398 e. The highest BCUT2D eigenvalue weighted by Gasteiger charge is 2.31. The first-order chi connectivity index (χ1) is 6.70. The number of hydrogen-bond donors (Lipinski definition) is 3. The van der Waals surface area contributed by atoms with Gasteiger partial charge >= 0.3 is 0 Å². The van der Waals surface area contributed by atoms with Crippen molar-refractivity contribution in [1.29, 1.82) is 0 Å². The van der Waals surface area contributed by atoms with Crippen LogP contribution in [0.4, 0.5) is 5.69 Å². The number of nitrogens with zero attached hydrogens (tertiary/aromatic N) is 1. The van der Waals surface area contributed by atoms with Crippen LogP contribution in [-0.2, 0) is 6.42 Å². The van der Waals surface area contributed by atoms with Gasteiger partial charge in [0.15, 0.2) is 0 Å². The molecule has 1 aliphatic rings. The van der Waals surface area contributed by atoms with E-state index in [0.717, 1.165) is 18.5 Å². The van der Waals surface area contributed by atoms with Gasteiger partial charge in [-0.05, 0) is 24.6 Å². The fourth-order valence-corrected chi connectivity index (χ4v) is 1.82. The molecule has 0 aromatic carbocycles. The SMILES string of the molecule is Nc1ccncc1CC1(O)CCNC1. The molecule has 1 unspecified atom stereocenters. The van der Waals surface area contributed by atoms with Crippen molar-refractivity contribution in [2.24, 2.45) is 0 Å². The minimum atomic E-state index is -0.642. The fraction of sp³-hybridized carbons (Fsp3) is 0.500. The van der Waals surface area contributed by atoms with E-state index < -0.39 is 5.60 Å². The zero-order valence-corrected chi connectivity index (χ0v) is 8.03. The molecule has 1 fully saturated rings. The highest BCUT2D eigenvalue weighted by Crippen LogP contribution is 2.22. The number of aromatic nitrogens is 1. The molecule has 14 heavy (non-hydrogen) atoms. The number of pyridine rings is 1. The minimum absolute atomic E-state index is 0.583. The minimum Gasteiger partial charge on any atom is -0.398 e. The van der Waals surface area contributed by atoms with Crippen LogP contribution in [0.25, 0.3) is 0 Å². The second kappa shape index (κ2) is 3.55. The average molecular weight is 193 g/mol. The van der Waals surface area contributed by atoms with E-state index in [1.165, 1.54) is 0 Å². The van der Waals surface area contributed by atoms with E-state index in [1.807, 2.05) is 0 Å². The Balaban J connectivity index is 2.14. The molecule has 0 bridgehead atoms. The van der Waals surface area contributed by atoms with Gasteiger partial charge in [0.1, 0.15) is 0 Å². The van der Waals surface area contributed by atoms with Gasteiger partial charge in [0.05, 0.1) is 5.60 Å². The smallest absolute Gasteiger partial charge is 0.0825 e. The second-order valence-electron chi connectivity index (χ2n) is 3.90. The molecule has 1 aliphatic heterocycles. The van der Waals surface area contributed by atoms with Crippen molar-refractivity contribution < 1.29 is 5.11 Å². The Morgan fingerprint density at radius 2 is 2.50 bits per heavy atom. The molecule has 0 amide bonds. The Hall–Kier alpha value is -1.13. The molecule has 1 aromatic heterocycles. The molecule has 0 radical (unpaired) electrons. The van der Waals surface area contributed by atoms with Gasteiger partial charge in [-0.15, -0.1) is 0 Å². The van der Waals surface area contributed by atoms with Crippen LogP contribution in [0.15, 0.2) is 18.5 Å². The third kappa shape index (κ3) is 1.86. The lowest BCUT2D eigenvalue weighted by molar-refractivity contribution is 0.0620. The maximum absolute atomic E-state index is 10.1. The molecule has 0 aliphatic carbocycles. The normalized spacial score (nSPS) is 26.6. The molecule has 1 saturated heterocycles. The Labute approximate surface area is 83.2 Å². The van der Waals surface area contributed by atoms with Crippen molar-refractivity contribution in [2.45, 2.75) is 18.4 Å². The van der Waals surface area contributed by atoms with Crippen LogP contribution in [0.2, 0.25) is 0 Å². The molecule has 0 spiro atoms. The van der Waals surface area contributed by atoms with E-state index in [-0.39, 0.29) is 0 Å². The zero-order chi connectivity index (χ0) is 10.0. The van der Waals surface area contributed by atoms with Crippen molar-refractivity contribution in [3.05, 3.63) is 24.0 Å². The molecule has 0 saturated carbocycles. The Kier molecular flexibility index (Phi) is 2.39. The lowest BCUT2D eigenvalue weighted by Crippen LogP contribution is -2.34. The highest BCUT2D eigenvalue weighted by molar-refractivity contribution is 5.45. The number of nitrogen functional groups attached to an aromatic ring is 1. The average Bonchev–Trinajstić information content (AvgIpc) is 2.57. The standard InChI is InChI=1S/C10H15N3O/c11-9-1-3-12-6-8(9)5-10(14)2-4-13-7-10/h1,3,6,13-14H,2,4-5,7H2,(H2,11,12). The fourth-order valence-electron chi connectivity index (χ4n) is 1.82. The van der Waals surface area contributed by atoms with Crippen LogP contribution in [0.5, 0.6) is 0 Å². The number of β-amino-alcohol motifs (C(OH)–C–C–N with tert-alkyl or cyclic N) is 1. The number of nitrogens with one attached hydrogen (secondary N) is 1. The molecule has 4 nitrogen and oxygen atoms in total. The van der Waals surface area contributed by atoms with Crippen molar-refractivity contribution in [3.8, 4) is 0 Å². The van der Waals surface area contributed by atoms with Crippen LogP contribution < -0.4 is 11.1 Å². The van der Waals surface area contributed by atoms with Gasteiger partial charge < -0.3 is 16.2 Å². The van der Waals surface area contributed by atoms with Crippen molar-refractivity contribution in [3.63, 3.8) is 0 Å². The summed E-state index contributed by atoms with van der Waals surface area (Å²) < 4.78 is 0. The molecular formula is C10H15N3O. The number of hydrogen-bond acceptors (Lipinski definition) is 4. The maximum atomic E-state index is 10.1. The predicted molar refractivity (Wildman–Crippen MR) is 54.8 cm³/mol. The first kappa shape index (κ1) is 9.43. The second-order valence-corrected chi connectivity index (χ2v) is 3.90. The lowest BCUT2D eigenvalue weighted by Gasteiger charge is -2.21. The first-order valence-electron chi connectivity index (χ1n) is 4.81.